The Kier molecular flexibility index (Phi) is 22.0. The second kappa shape index (κ2) is 26.3. The zero-order chi connectivity index (χ0) is 33.8. The fourth-order valence-corrected chi connectivity index (χ4v) is 4.85. The predicted molar refractivity (Wildman–Crippen MR) is 189 cm³/mol. The molecule has 1 atom stereocenters. The minimum absolute atomic E-state index is 0.201. The summed E-state index contributed by atoms with van der Waals surface area (Å²) in [7, 11) is 0. The number of rotatable bonds is 24. The number of nitrogens with zero attached hydrogens (tertiary/aromatic N) is 2. The molecule has 3 N–H and O–H groups in total. The lowest BCUT2D eigenvalue weighted by Gasteiger charge is -2.26. The van der Waals surface area contributed by atoms with Crippen molar-refractivity contribution in [2.45, 2.75) is 90.0 Å². The van der Waals surface area contributed by atoms with Gasteiger partial charge in [0.2, 0.25) is 5.91 Å². The average molecular weight is 649 g/mol. The topological polar surface area (TPSA) is 121 Å². The van der Waals surface area contributed by atoms with Gasteiger partial charge in [-0.05, 0) is 76.3 Å². The fourth-order valence-electron chi connectivity index (χ4n) is 4.85. The van der Waals surface area contributed by atoms with E-state index in [4.69, 9.17) is 4.74 Å². The normalized spacial score (nSPS) is 15.0. The summed E-state index contributed by atoms with van der Waals surface area (Å²) in [6.07, 6.45) is 31.9. The van der Waals surface area contributed by atoms with E-state index in [1.54, 1.807) is 12.3 Å². The van der Waals surface area contributed by atoms with Crippen molar-refractivity contribution in [1.29, 1.82) is 0 Å². The quantitative estimate of drug-likeness (QED) is 0.0883. The number of unbranched alkanes of at least 4 members (excludes halogenated alkanes) is 2. The van der Waals surface area contributed by atoms with E-state index < -0.39 is 12.0 Å². The number of hydrogen-bond acceptors (Lipinski definition) is 6. The predicted octanol–water partition coefficient (Wildman–Crippen LogP) is 6.35. The Morgan fingerprint density at radius 1 is 0.894 bits per heavy atom. The van der Waals surface area contributed by atoms with Crippen molar-refractivity contribution < 1.29 is 24.2 Å². The number of amides is 2. The smallest absolute Gasteiger partial charge is 0.326 e. The third-order valence-electron chi connectivity index (χ3n) is 7.65. The highest BCUT2D eigenvalue weighted by molar-refractivity contribution is 5.93. The van der Waals surface area contributed by atoms with Gasteiger partial charge in [0.15, 0.2) is 0 Å². The zero-order valence-electron chi connectivity index (χ0n) is 28.3. The molecule has 1 fully saturated rings. The number of allylic oxidation sites excluding steroid dienone is 10. The second-order valence-electron chi connectivity index (χ2n) is 11.6. The maximum atomic E-state index is 12.5. The van der Waals surface area contributed by atoms with Gasteiger partial charge in [-0.25, -0.2) is 4.79 Å². The molecule has 0 saturated carbocycles. The van der Waals surface area contributed by atoms with Gasteiger partial charge in [0.1, 0.15) is 6.04 Å². The van der Waals surface area contributed by atoms with E-state index in [0.717, 1.165) is 83.5 Å². The van der Waals surface area contributed by atoms with Crippen LogP contribution in [0.4, 0.5) is 0 Å². The summed E-state index contributed by atoms with van der Waals surface area (Å²) in [5.74, 6) is -1.49. The lowest BCUT2D eigenvalue weighted by atomic mass is 10.1. The van der Waals surface area contributed by atoms with E-state index in [1.807, 2.05) is 6.07 Å². The Morgan fingerprint density at radius 2 is 1.53 bits per heavy atom. The number of aromatic nitrogens is 1. The van der Waals surface area contributed by atoms with Crippen molar-refractivity contribution in [1.82, 2.24) is 20.5 Å². The SMILES string of the molecule is CC/C=C\C/C=C\C/C=C\C/C=C\C/C=C\CCCC(=O)NC(CCCCNC(=O)c1ccc(CCN2CCOCC2)nc1)C(=O)O. The first-order valence-electron chi connectivity index (χ1n) is 17.3. The van der Waals surface area contributed by atoms with Gasteiger partial charge in [0.25, 0.3) is 5.91 Å². The van der Waals surface area contributed by atoms with Gasteiger partial charge in [-0.15, -0.1) is 0 Å². The van der Waals surface area contributed by atoms with E-state index in [9.17, 15) is 19.5 Å². The number of carboxylic acid groups (broad SMARTS) is 1. The van der Waals surface area contributed by atoms with Gasteiger partial charge in [-0.3, -0.25) is 19.5 Å². The van der Waals surface area contributed by atoms with E-state index >= 15 is 0 Å². The number of hydrogen-bond donors (Lipinski definition) is 3. The Morgan fingerprint density at radius 3 is 2.13 bits per heavy atom. The fraction of sp³-hybridized carbons (Fsp3) is 0.526. The largest absolute Gasteiger partial charge is 0.480 e. The molecular formula is C38H56N4O5. The van der Waals surface area contributed by atoms with Crippen LogP contribution in [0.2, 0.25) is 0 Å². The van der Waals surface area contributed by atoms with Crippen molar-refractivity contribution in [2.75, 3.05) is 39.4 Å². The minimum atomic E-state index is -1.04. The van der Waals surface area contributed by atoms with Crippen LogP contribution >= 0.6 is 0 Å². The number of carbonyl (C=O) groups excluding carboxylic acids is 2. The van der Waals surface area contributed by atoms with Gasteiger partial charge in [0, 0.05) is 50.9 Å². The molecule has 2 amide bonds. The molecule has 9 nitrogen and oxygen atoms in total. The summed E-state index contributed by atoms with van der Waals surface area (Å²) in [6.45, 7) is 6.89. The second-order valence-corrected chi connectivity index (χ2v) is 11.6. The maximum Gasteiger partial charge on any atom is 0.326 e. The number of ether oxygens (including phenoxy) is 1. The van der Waals surface area contributed by atoms with Crippen LogP contribution in [0.1, 0.15) is 93.6 Å². The van der Waals surface area contributed by atoms with Crippen LogP contribution < -0.4 is 10.6 Å². The van der Waals surface area contributed by atoms with E-state index in [-0.39, 0.29) is 18.2 Å². The molecule has 258 valence electrons. The molecule has 1 aromatic rings. The monoisotopic (exact) mass is 648 g/mol. The molecule has 1 aliphatic heterocycles. The zero-order valence-corrected chi connectivity index (χ0v) is 28.3. The summed E-state index contributed by atoms with van der Waals surface area (Å²) in [5, 5.41) is 15.1. The van der Waals surface area contributed by atoms with Crippen LogP contribution in [0.5, 0.6) is 0 Å². The third-order valence-corrected chi connectivity index (χ3v) is 7.65. The summed E-state index contributed by atoms with van der Waals surface area (Å²) < 4.78 is 5.37. The molecule has 0 spiro atoms. The van der Waals surface area contributed by atoms with Crippen LogP contribution in [0, 0.1) is 0 Å². The Balaban J connectivity index is 1.51. The summed E-state index contributed by atoms with van der Waals surface area (Å²) >= 11 is 0. The van der Waals surface area contributed by atoms with Gasteiger partial charge in [-0.2, -0.15) is 0 Å². The maximum absolute atomic E-state index is 12.5. The van der Waals surface area contributed by atoms with Crippen LogP contribution in [-0.4, -0.2) is 78.2 Å². The number of nitrogens with one attached hydrogen (secondary N) is 2. The lowest BCUT2D eigenvalue weighted by molar-refractivity contribution is -0.142. The van der Waals surface area contributed by atoms with E-state index in [1.165, 1.54) is 0 Å². The molecule has 1 saturated heterocycles. The van der Waals surface area contributed by atoms with E-state index in [2.05, 4.69) is 88.2 Å². The molecule has 47 heavy (non-hydrogen) atoms. The lowest BCUT2D eigenvalue weighted by Crippen LogP contribution is -2.40. The first kappa shape index (κ1) is 39.4. The van der Waals surface area contributed by atoms with Crippen molar-refractivity contribution in [3.05, 3.63) is 90.3 Å². The molecule has 1 unspecified atom stereocenters. The van der Waals surface area contributed by atoms with Crippen LogP contribution in [0.15, 0.2) is 79.1 Å². The van der Waals surface area contributed by atoms with Crippen molar-refractivity contribution in [2.24, 2.45) is 0 Å². The van der Waals surface area contributed by atoms with E-state index in [0.29, 0.717) is 37.8 Å². The molecule has 2 rings (SSSR count). The third kappa shape index (κ3) is 20.1. The summed E-state index contributed by atoms with van der Waals surface area (Å²) in [4.78, 5) is 43.2. The number of carboxylic acids is 1. The Labute approximate surface area is 281 Å². The summed E-state index contributed by atoms with van der Waals surface area (Å²) in [6, 6.07) is 2.74. The Hall–Kier alpha value is -3.82. The standard InChI is InChI=1S/C38H56N4O5/c1-2-3-4-5-6-7-8-9-10-11-12-13-14-15-16-17-18-22-36(43)41-35(38(45)46)21-19-20-26-39-37(44)33-23-24-34(40-32-33)25-27-42-28-30-47-31-29-42/h3-4,6-7,9-10,12-13,15-16,23-24,32,35H,2,5,8,11,14,17-22,25-31H2,1H3,(H,39,44)(H,41,43)(H,45,46)/b4-3-,7-6-,10-9-,13-12-,16-15-. The Bertz CT molecular complexity index is 1170. The van der Waals surface area contributed by atoms with Crippen molar-refractivity contribution in [3.63, 3.8) is 0 Å². The van der Waals surface area contributed by atoms with Gasteiger partial charge >= 0.3 is 5.97 Å². The van der Waals surface area contributed by atoms with Crippen LogP contribution in [-0.2, 0) is 20.7 Å². The number of pyridine rings is 1. The number of aliphatic carboxylic acids is 1. The average Bonchev–Trinajstić information content (AvgIpc) is 3.08. The molecule has 9 heteroatoms. The molecule has 2 heterocycles. The molecule has 0 bridgehead atoms. The molecule has 0 radical (unpaired) electrons. The molecule has 0 aromatic carbocycles. The van der Waals surface area contributed by atoms with Gasteiger partial charge < -0.3 is 20.5 Å². The minimum Gasteiger partial charge on any atom is -0.480 e. The summed E-state index contributed by atoms with van der Waals surface area (Å²) in [5.41, 5.74) is 1.45. The first-order valence-corrected chi connectivity index (χ1v) is 17.3. The number of carbonyl (C=O) groups is 3. The molecular weight excluding hydrogens is 592 g/mol. The highest BCUT2D eigenvalue weighted by atomic mass is 16.5. The molecule has 1 aromatic heterocycles. The van der Waals surface area contributed by atoms with Gasteiger partial charge in [0.05, 0.1) is 18.8 Å². The molecule has 0 aliphatic carbocycles. The highest BCUT2D eigenvalue weighted by Gasteiger charge is 2.19. The van der Waals surface area contributed by atoms with Crippen LogP contribution in [0.25, 0.3) is 0 Å². The number of morpholine rings is 1. The van der Waals surface area contributed by atoms with Crippen molar-refractivity contribution >= 4 is 17.8 Å². The van der Waals surface area contributed by atoms with Crippen LogP contribution in [0.3, 0.4) is 0 Å². The first-order chi connectivity index (χ1) is 23.0. The molecule has 1 aliphatic rings. The highest BCUT2D eigenvalue weighted by Crippen LogP contribution is 2.07. The van der Waals surface area contributed by atoms with Gasteiger partial charge in [-0.1, -0.05) is 67.7 Å². The van der Waals surface area contributed by atoms with Crippen molar-refractivity contribution in [3.8, 4) is 0 Å².